The summed E-state index contributed by atoms with van der Waals surface area (Å²) in [5.41, 5.74) is 6.31. The highest BCUT2D eigenvalue weighted by Gasteiger charge is 2.11. The average molecular weight is 504 g/mol. The van der Waals surface area contributed by atoms with Crippen molar-refractivity contribution < 1.29 is 26.4 Å². The first-order chi connectivity index (χ1) is 14.7. The van der Waals surface area contributed by atoms with Gasteiger partial charge in [0.05, 0.1) is 25.6 Å². The SMILES string of the molecule is Clc1nc(Cl)c2occc2n1.FC(F)CNc1nc(Cl)nc2ccoc12.NCC(F)F. The van der Waals surface area contributed by atoms with Gasteiger partial charge in [0.2, 0.25) is 10.6 Å². The lowest BCUT2D eigenvalue weighted by molar-refractivity contribution is 0.158. The maximum absolute atomic E-state index is 12.0. The fourth-order valence-electron chi connectivity index (χ4n) is 1.93. The van der Waals surface area contributed by atoms with Crippen LogP contribution in [0, 0.1) is 0 Å². The Kier molecular flexibility index (Phi) is 9.49. The molecule has 3 N–H and O–H groups in total. The van der Waals surface area contributed by atoms with Gasteiger partial charge in [0.15, 0.2) is 22.1 Å². The van der Waals surface area contributed by atoms with E-state index in [1.807, 2.05) is 0 Å². The molecule has 0 bridgehead atoms. The van der Waals surface area contributed by atoms with Crippen molar-refractivity contribution in [3.8, 4) is 0 Å². The van der Waals surface area contributed by atoms with E-state index in [9.17, 15) is 17.6 Å². The summed E-state index contributed by atoms with van der Waals surface area (Å²) in [4.78, 5) is 15.2. The van der Waals surface area contributed by atoms with Crippen LogP contribution in [-0.4, -0.2) is 45.9 Å². The van der Waals surface area contributed by atoms with Gasteiger partial charge in [-0.2, -0.15) is 4.98 Å². The molecule has 0 unspecified atom stereocenters. The highest BCUT2D eigenvalue weighted by Crippen LogP contribution is 2.23. The summed E-state index contributed by atoms with van der Waals surface area (Å²) in [5, 5.41) is 2.79. The number of furan rings is 2. The molecule has 0 spiro atoms. The molecule has 0 saturated carbocycles. The van der Waals surface area contributed by atoms with Crippen LogP contribution in [0.3, 0.4) is 0 Å². The number of hydrogen-bond acceptors (Lipinski definition) is 8. The van der Waals surface area contributed by atoms with Crippen LogP contribution in [0.4, 0.5) is 23.4 Å². The van der Waals surface area contributed by atoms with Gasteiger partial charge >= 0.3 is 0 Å². The van der Waals surface area contributed by atoms with Crippen LogP contribution < -0.4 is 11.1 Å². The van der Waals surface area contributed by atoms with Crippen molar-refractivity contribution in [2.24, 2.45) is 5.73 Å². The zero-order valence-corrected chi connectivity index (χ0v) is 17.5. The predicted molar refractivity (Wildman–Crippen MR) is 108 cm³/mol. The molecule has 4 rings (SSSR count). The molecule has 0 atom stereocenters. The van der Waals surface area contributed by atoms with E-state index in [4.69, 9.17) is 43.6 Å². The van der Waals surface area contributed by atoms with Crippen LogP contribution in [-0.2, 0) is 0 Å². The minimum Gasteiger partial charge on any atom is -0.459 e. The van der Waals surface area contributed by atoms with E-state index in [1.54, 1.807) is 12.1 Å². The Morgan fingerprint density at radius 3 is 1.90 bits per heavy atom. The molecule has 0 aliphatic rings. The number of aromatic nitrogens is 4. The topological polar surface area (TPSA) is 116 Å². The molecule has 4 heterocycles. The second-order valence-electron chi connectivity index (χ2n) is 5.29. The third-order valence-electron chi connectivity index (χ3n) is 3.11. The molecule has 8 nitrogen and oxygen atoms in total. The first-order valence-corrected chi connectivity index (χ1v) is 9.31. The molecule has 0 aromatic carbocycles. The number of nitrogens with two attached hydrogens (primary N) is 1. The zero-order valence-electron chi connectivity index (χ0n) is 15.2. The van der Waals surface area contributed by atoms with E-state index in [0.29, 0.717) is 22.2 Å². The minimum absolute atomic E-state index is 0.0133. The molecule has 0 aliphatic carbocycles. The van der Waals surface area contributed by atoms with Crippen molar-refractivity contribution >= 4 is 62.8 Å². The van der Waals surface area contributed by atoms with Gasteiger partial charge in [0.1, 0.15) is 11.0 Å². The normalized spacial score (nSPS) is 10.8. The van der Waals surface area contributed by atoms with Gasteiger partial charge in [0.25, 0.3) is 12.9 Å². The Labute approximate surface area is 186 Å². The van der Waals surface area contributed by atoms with E-state index in [2.05, 4.69) is 31.0 Å². The van der Waals surface area contributed by atoms with Gasteiger partial charge in [-0.15, -0.1) is 0 Å². The second-order valence-corrected chi connectivity index (χ2v) is 6.33. The average Bonchev–Trinajstić information content (AvgIpc) is 3.36. The summed E-state index contributed by atoms with van der Waals surface area (Å²) >= 11 is 16.8. The van der Waals surface area contributed by atoms with Gasteiger partial charge in [0, 0.05) is 12.1 Å². The molecular weight excluding hydrogens is 491 g/mol. The lowest BCUT2D eigenvalue weighted by Crippen LogP contribution is -2.11. The van der Waals surface area contributed by atoms with Crippen molar-refractivity contribution in [1.29, 1.82) is 0 Å². The molecule has 4 aromatic rings. The van der Waals surface area contributed by atoms with Crippen molar-refractivity contribution in [1.82, 2.24) is 19.9 Å². The van der Waals surface area contributed by atoms with Crippen LogP contribution in [0.2, 0.25) is 15.7 Å². The van der Waals surface area contributed by atoms with Crippen molar-refractivity contribution in [2.75, 3.05) is 18.4 Å². The van der Waals surface area contributed by atoms with Gasteiger partial charge in [-0.05, 0) is 23.2 Å². The third-order valence-corrected chi connectivity index (χ3v) is 3.71. The lowest BCUT2D eigenvalue weighted by Gasteiger charge is -2.04. The fraction of sp³-hybridized carbons (Fsp3) is 0.250. The fourth-order valence-corrected chi connectivity index (χ4v) is 2.55. The van der Waals surface area contributed by atoms with Gasteiger partial charge < -0.3 is 19.9 Å². The Morgan fingerprint density at radius 1 is 0.839 bits per heavy atom. The third kappa shape index (κ3) is 7.65. The standard InChI is InChI=1S/C8H6ClF2N3O.C6H2Cl2N2O.C2H5F2N/c9-8-13-4-1-2-15-6(4)7(14-8)12-3-5(10)11;7-5-4-3(1-2-11-4)9-6(8)10-5;3-2(4)1-5/h1-2,5H,3H2,(H,12,13,14);1-2H;2H,1,5H2. The number of anilines is 1. The molecule has 0 radical (unpaired) electrons. The number of fused-ring (bicyclic) bond motifs is 2. The Balaban J connectivity index is 0.000000187. The molecule has 0 saturated heterocycles. The molecule has 0 aliphatic heterocycles. The number of rotatable bonds is 4. The van der Waals surface area contributed by atoms with Gasteiger partial charge in [-0.3, -0.25) is 0 Å². The van der Waals surface area contributed by atoms with E-state index < -0.39 is 25.9 Å². The van der Waals surface area contributed by atoms with E-state index in [0.717, 1.165) is 0 Å². The molecule has 31 heavy (non-hydrogen) atoms. The summed E-state index contributed by atoms with van der Waals surface area (Å²) in [6, 6.07) is 3.26. The second kappa shape index (κ2) is 11.8. The summed E-state index contributed by atoms with van der Waals surface area (Å²) < 4.78 is 55.3. The van der Waals surface area contributed by atoms with Crippen molar-refractivity contribution in [2.45, 2.75) is 12.9 Å². The Morgan fingerprint density at radius 2 is 1.35 bits per heavy atom. The molecule has 0 amide bonds. The van der Waals surface area contributed by atoms with Crippen LogP contribution in [0.25, 0.3) is 22.2 Å². The zero-order chi connectivity index (χ0) is 23.0. The Bertz CT molecular complexity index is 1110. The van der Waals surface area contributed by atoms with Crippen LogP contribution in [0.5, 0.6) is 0 Å². The van der Waals surface area contributed by atoms with Crippen LogP contribution in [0.15, 0.2) is 33.5 Å². The number of nitrogens with one attached hydrogen (secondary N) is 1. The van der Waals surface area contributed by atoms with E-state index in [-0.39, 0.29) is 21.5 Å². The molecule has 15 heteroatoms. The number of hydrogen-bond donors (Lipinski definition) is 2. The highest BCUT2D eigenvalue weighted by molar-refractivity contribution is 6.35. The maximum atomic E-state index is 12.0. The molecule has 4 aromatic heterocycles. The summed E-state index contributed by atoms with van der Waals surface area (Å²) in [6.07, 6.45) is -1.93. The number of nitrogens with zero attached hydrogens (tertiary/aromatic N) is 4. The first kappa shape index (κ1) is 24.9. The summed E-state index contributed by atoms with van der Waals surface area (Å²) in [5.74, 6) is 0.176. The van der Waals surface area contributed by atoms with Crippen molar-refractivity contribution in [3.05, 3.63) is 40.4 Å². The van der Waals surface area contributed by atoms with Crippen LogP contribution >= 0.6 is 34.8 Å². The van der Waals surface area contributed by atoms with E-state index in [1.165, 1.54) is 12.5 Å². The highest BCUT2D eigenvalue weighted by atomic mass is 35.5. The molecule has 0 fully saturated rings. The smallest absolute Gasteiger partial charge is 0.255 e. The maximum Gasteiger partial charge on any atom is 0.255 e. The lowest BCUT2D eigenvalue weighted by atomic mass is 10.4. The first-order valence-electron chi connectivity index (χ1n) is 8.18. The van der Waals surface area contributed by atoms with Gasteiger partial charge in [-0.25, -0.2) is 32.5 Å². The summed E-state index contributed by atoms with van der Waals surface area (Å²) in [7, 11) is 0. The summed E-state index contributed by atoms with van der Waals surface area (Å²) in [6.45, 7) is -1.04. The van der Waals surface area contributed by atoms with Crippen LogP contribution in [0.1, 0.15) is 0 Å². The largest absolute Gasteiger partial charge is 0.459 e. The molecular formula is C16H13Cl3F4N6O2. The van der Waals surface area contributed by atoms with Crippen molar-refractivity contribution in [3.63, 3.8) is 0 Å². The van der Waals surface area contributed by atoms with Gasteiger partial charge in [-0.1, -0.05) is 11.6 Å². The minimum atomic E-state index is -2.47. The predicted octanol–water partition coefficient (Wildman–Crippen LogP) is 5.29. The quantitative estimate of drug-likeness (QED) is 0.219. The Hall–Kier alpha value is -2.41. The van der Waals surface area contributed by atoms with E-state index >= 15 is 0 Å². The number of alkyl halides is 4. The monoisotopic (exact) mass is 502 g/mol. The number of halogens is 7. The molecule has 168 valence electrons.